The minimum absolute atomic E-state index is 0.0138. The number of carbonyl (C=O) groups excluding carboxylic acids is 1. The van der Waals surface area contributed by atoms with E-state index in [0.29, 0.717) is 47.9 Å². The maximum Gasteiger partial charge on any atom is 0.410 e. The van der Waals surface area contributed by atoms with Gasteiger partial charge in [-0.1, -0.05) is 35.9 Å². The Kier molecular flexibility index (Phi) is 9.30. The van der Waals surface area contributed by atoms with E-state index in [1.54, 1.807) is 37.3 Å². The molecule has 2 heterocycles. The molecule has 1 aromatic heterocycles. The number of ether oxygens (including phenoxy) is 3. The van der Waals surface area contributed by atoms with Crippen molar-refractivity contribution in [1.29, 1.82) is 0 Å². The molecule has 0 aliphatic carbocycles. The summed E-state index contributed by atoms with van der Waals surface area (Å²) in [6.07, 6.45) is -0.389. The number of hydrogen-bond acceptors (Lipinski definition) is 9. The number of halogens is 2. The molecule has 1 aliphatic rings. The van der Waals surface area contributed by atoms with E-state index in [1.807, 2.05) is 69.0 Å². The number of nitrogens with zero attached hydrogens (tertiary/aromatic N) is 4. The fraction of sp³-hybridized carbons (Fsp3) is 0.324. The number of anilines is 2. The average Bonchev–Trinajstić information content (AvgIpc) is 3.06. The van der Waals surface area contributed by atoms with Crippen molar-refractivity contribution >= 4 is 51.1 Å². The van der Waals surface area contributed by atoms with Crippen molar-refractivity contribution in [2.75, 3.05) is 44.1 Å². The first-order chi connectivity index (χ1) is 23.4. The second-order valence-electron chi connectivity index (χ2n) is 13.0. The number of amides is 1. The van der Waals surface area contributed by atoms with E-state index in [0.717, 1.165) is 16.3 Å². The van der Waals surface area contributed by atoms with Gasteiger partial charge in [-0.3, -0.25) is 0 Å². The van der Waals surface area contributed by atoms with Crippen molar-refractivity contribution in [2.24, 2.45) is 0 Å². The Labute approximate surface area is 289 Å². The van der Waals surface area contributed by atoms with Gasteiger partial charge in [0.1, 0.15) is 34.2 Å². The first-order valence-corrected chi connectivity index (χ1v) is 16.4. The Morgan fingerprint density at radius 3 is 2.53 bits per heavy atom. The first kappa shape index (κ1) is 33.9. The van der Waals surface area contributed by atoms with Gasteiger partial charge in [0, 0.05) is 54.8 Å². The van der Waals surface area contributed by atoms with Crippen molar-refractivity contribution in [3.63, 3.8) is 0 Å². The topological polar surface area (TPSA) is 109 Å². The van der Waals surface area contributed by atoms with Crippen molar-refractivity contribution in [1.82, 2.24) is 14.9 Å². The third-order valence-electron chi connectivity index (χ3n) is 8.46. The number of phenols is 1. The largest absolute Gasteiger partial charge is 0.508 e. The average molecular weight is 688 g/mol. The highest BCUT2D eigenvalue weighted by molar-refractivity contribution is 6.35. The van der Waals surface area contributed by atoms with E-state index < -0.39 is 11.4 Å². The quantitative estimate of drug-likeness (QED) is 0.176. The molecule has 1 aliphatic heterocycles. The Morgan fingerprint density at radius 2 is 1.82 bits per heavy atom. The summed E-state index contributed by atoms with van der Waals surface area (Å²) in [6, 6.07) is 17.5. The molecule has 1 unspecified atom stereocenters. The highest BCUT2D eigenvalue weighted by atomic mass is 35.5. The maximum absolute atomic E-state index is 17.0. The highest BCUT2D eigenvalue weighted by Gasteiger charge is 2.32. The van der Waals surface area contributed by atoms with Crippen LogP contribution >= 0.6 is 11.6 Å². The lowest BCUT2D eigenvalue weighted by atomic mass is 9.96. The molecule has 5 aromatic rings. The summed E-state index contributed by atoms with van der Waals surface area (Å²) >= 11 is 6.90. The predicted octanol–water partition coefficient (Wildman–Crippen LogP) is 8.02. The Hall–Kier alpha value is -5.03. The van der Waals surface area contributed by atoms with Crippen LogP contribution in [0.3, 0.4) is 0 Å². The van der Waals surface area contributed by atoms with Crippen LogP contribution in [0.15, 0.2) is 60.7 Å². The summed E-state index contributed by atoms with van der Waals surface area (Å²) in [5, 5.41) is 15.9. The lowest BCUT2D eigenvalue weighted by Crippen LogP contribution is -2.55. The lowest BCUT2D eigenvalue weighted by Gasteiger charge is -2.41. The van der Waals surface area contributed by atoms with E-state index in [-0.39, 0.29) is 46.5 Å². The fourth-order valence-electron chi connectivity index (χ4n) is 6.16. The van der Waals surface area contributed by atoms with Crippen molar-refractivity contribution in [3.05, 3.63) is 77.1 Å². The lowest BCUT2D eigenvalue weighted by molar-refractivity contribution is 0.0218. The van der Waals surface area contributed by atoms with E-state index in [4.69, 9.17) is 30.8 Å². The Morgan fingerprint density at radius 1 is 1.04 bits per heavy atom. The van der Waals surface area contributed by atoms with Crippen molar-refractivity contribution in [2.45, 2.75) is 45.9 Å². The van der Waals surface area contributed by atoms with Gasteiger partial charge in [0.15, 0.2) is 5.82 Å². The number of phenolic OH excluding ortho intramolecular Hbond substituents is 1. The smallest absolute Gasteiger partial charge is 0.410 e. The summed E-state index contributed by atoms with van der Waals surface area (Å²) in [5.74, 6) is 1.26. The van der Waals surface area contributed by atoms with Gasteiger partial charge in [0.2, 0.25) is 5.95 Å². The van der Waals surface area contributed by atoms with Crippen molar-refractivity contribution in [3.8, 4) is 28.4 Å². The molecule has 2 N–H and O–H groups in total. The summed E-state index contributed by atoms with van der Waals surface area (Å²) in [5.41, 5.74) is 0.813. The van der Waals surface area contributed by atoms with Gasteiger partial charge in [-0.25, -0.2) is 14.2 Å². The molecule has 10 nitrogen and oxygen atoms in total. The molecule has 0 bridgehead atoms. The van der Waals surface area contributed by atoms with Crippen molar-refractivity contribution < 1.29 is 28.5 Å². The van der Waals surface area contributed by atoms with Gasteiger partial charge in [0.05, 0.1) is 19.2 Å². The van der Waals surface area contributed by atoms with Crippen LogP contribution in [0.1, 0.15) is 33.3 Å². The van der Waals surface area contributed by atoms with E-state index in [1.165, 1.54) is 6.07 Å². The molecule has 1 atom stereocenters. The van der Waals surface area contributed by atoms with Crippen LogP contribution in [0.2, 0.25) is 5.02 Å². The van der Waals surface area contributed by atoms with Gasteiger partial charge < -0.3 is 34.4 Å². The normalized spacial score (nSPS) is 15.1. The van der Waals surface area contributed by atoms with Crippen LogP contribution in [-0.2, 0) is 11.3 Å². The number of hydrogen-bond donors (Lipinski definition) is 2. The summed E-state index contributed by atoms with van der Waals surface area (Å²) in [7, 11) is 3.16. The molecule has 6 rings (SSSR count). The monoisotopic (exact) mass is 687 g/mol. The number of carbonyl (C=O) groups is 1. The van der Waals surface area contributed by atoms with Gasteiger partial charge in [-0.2, -0.15) is 4.98 Å². The zero-order chi connectivity index (χ0) is 35.0. The molecular weight excluding hydrogens is 649 g/mol. The first-order valence-electron chi connectivity index (χ1n) is 16.0. The van der Waals surface area contributed by atoms with Crippen LogP contribution in [-0.4, -0.2) is 71.6 Å². The maximum atomic E-state index is 17.0. The number of fused-ring (bicyclic) bond motifs is 2. The number of aromatic nitrogens is 2. The van der Waals surface area contributed by atoms with Crippen LogP contribution in [0.25, 0.3) is 32.8 Å². The summed E-state index contributed by atoms with van der Waals surface area (Å²) in [6.45, 7) is 8.91. The predicted molar refractivity (Wildman–Crippen MR) is 191 cm³/mol. The van der Waals surface area contributed by atoms with Gasteiger partial charge in [-0.15, -0.1) is 0 Å². The molecule has 49 heavy (non-hydrogen) atoms. The molecule has 0 radical (unpaired) electrons. The number of methoxy groups -OCH3 is 2. The van der Waals surface area contributed by atoms with E-state index >= 15 is 4.39 Å². The van der Waals surface area contributed by atoms with Gasteiger partial charge >= 0.3 is 6.09 Å². The minimum Gasteiger partial charge on any atom is -0.508 e. The zero-order valence-electron chi connectivity index (χ0n) is 28.3. The minimum atomic E-state index is -0.646. The number of nitrogens with one attached hydrogen (secondary N) is 1. The molecule has 1 amide bonds. The molecule has 4 aromatic carbocycles. The van der Waals surface area contributed by atoms with E-state index in [2.05, 4.69) is 10.3 Å². The van der Waals surface area contributed by atoms with E-state index in [9.17, 15) is 9.90 Å². The number of aromatic hydroxyl groups is 1. The van der Waals surface area contributed by atoms with Crippen LogP contribution in [0.4, 0.5) is 21.0 Å². The number of piperazine rings is 1. The zero-order valence-corrected chi connectivity index (χ0v) is 29.1. The third kappa shape index (κ3) is 6.94. The third-order valence-corrected chi connectivity index (χ3v) is 8.76. The van der Waals surface area contributed by atoms with Crippen LogP contribution in [0.5, 0.6) is 17.2 Å². The number of benzene rings is 4. The molecule has 0 spiro atoms. The van der Waals surface area contributed by atoms with Gasteiger partial charge in [0.25, 0.3) is 0 Å². The van der Waals surface area contributed by atoms with Crippen LogP contribution in [0, 0.1) is 5.82 Å². The molecule has 1 fully saturated rings. The number of rotatable bonds is 7. The SMILES string of the molecule is COc1ccc(CNc2nc(N3CCN(C(=O)OC(C)(C)C)CC3C)c3cc(Cl)c(-c4cc(O)cc5ccccc45)c(F)c3n2)c(OC)c1. The summed E-state index contributed by atoms with van der Waals surface area (Å²) in [4.78, 5) is 26.2. The van der Waals surface area contributed by atoms with Crippen LogP contribution < -0.4 is 19.7 Å². The summed E-state index contributed by atoms with van der Waals surface area (Å²) < 4.78 is 33.5. The molecule has 0 saturated carbocycles. The molecule has 1 saturated heterocycles. The molecular formula is C37H39ClFN5O5. The Bertz CT molecular complexity index is 2050. The second kappa shape index (κ2) is 13.5. The standard InChI is InChI=1S/C37H39ClFN5O5/c1-21-20-43(36(46)49-37(2,3)4)13-14-44(21)34-28-18-29(38)31(27-16-24(45)15-22-9-7-8-10-26(22)27)32(39)33(28)41-35(42-34)40-19-23-11-12-25(47-5)17-30(23)48-6/h7-12,15-18,21,45H,13-14,19-20H2,1-6H3,(H,40,41,42). The van der Waals surface area contributed by atoms with Gasteiger partial charge in [-0.05, 0) is 74.4 Å². The second-order valence-corrected chi connectivity index (χ2v) is 13.4. The highest BCUT2D eigenvalue weighted by Crippen LogP contribution is 2.42. The molecule has 12 heteroatoms. The Balaban J connectivity index is 1.46. The molecule has 256 valence electrons. The fourth-order valence-corrected chi connectivity index (χ4v) is 6.46.